The van der Waals surface area contributed by atoms with E-state index in [4.69, 9.17) is 37.0 Å². The second-order valence-electron chi connectivity index (χ2n) is 31.2. The normalized spacial score (nSPS) is 14.0. The van der Waals surface area contributed by atoms with Gasteiger partial charge in [0, 0.05) is 25.7 Å². The lowest BCUT2D eigenvalue weighted by molar-refractivity contribution is -0.161. The molecule has 624 valence electrons. The van der Waals surface area contributed by atoms with Crippen molar-refractivity contribution < 1.29 is 80.2 Å². The van der Waals surface area contributed by atoms with E-state index in [9.17, 15) is 43.2 Å². The molecule has 0 rings (SSSR count). The van der Waals surface area contributed by atoms with E-state index < -0.39 is 97.5 Å². The molecule has 0 aromatic rings. The molecule has 0 aliphatic carbocycles. The lowest BCUT2D eigenvalue weighted by Crippen LogP contribution is -2.30. The summed E-state index contributed by atoms with van der Waals surface area (Å²) in [4.78, 5) is 73.1. The maximum Gasteiger partial charge on any atom is 0.472 e. The Morgan fingerprint density at radius 3 is 0.676 bits per heavy atom. The van der Waals surface area contributed by atoms with E-state index in [-0.39, 0.29) is 25.7 Å². The van der Waals surface area contributed by atoms with E-state index >= 15 is 0 Å². The van der Waals surface area contributed by atoms with Gasteiger partial charge in [0.05, 0.1) is 26.4 Å². The first-order valence-electron chi connectivity index (χ1n) is 44.7. The number of phosphoric acid groups is 2. The van der Waals surface area contributed by atoms with Gasteiger partial charge in [0.25, 0.3) is 0 Å². The number of carbonyl (C=O) groups excluding carboxylic acids is 4. The minimum absolute atomic E-state index is 0.107. The van der Waals surface area contributed by atoms with Gasteiger partial charge in [-0.15, -0.1) is 0 Å². The van der Waals surface area contributed by atoms with Crippen molar-refractivity contribution in [2.24, 2.45) is 5.92 Å². The van der Waals surface area contributed by atoms with Crippen molar-refractivity contribution in [2.75, 3.05) is 39.6 Å². The summed E-state index contributed by atoms with van der Waals surface area (Å²) in [7, 11) is -9.92. The molecule has 105 heavy (non-hydrogen) atoms. The number of aliphatic hydroxyl groups is 1. The van der Waals surface area contributed by atoms with Gasteiger partial charge < -0.3 is 33.8 Å². The van der Waals surface area contributed by atoms with Gasteiger partial charge in [0.2, 0.25) is 0 Å². The minimum Gasteiger partial charge on any atom is -0.462 e. The average Bonchev–Trinajstić information content (AvgIpc) is 0.905. The first-order valence-corrected chi connectivity index (χ1v) is 47.7. The van der Waals surface area contributed by atoms with Crippen LogP contribution in [-0.4, -0.2) is 96.7 Å². The van der Waals surface area contributed by atoms with Crippen LogP contribution >= 0.6 is 15.6 Å². The number of aliphatic hydroxyl groups excluding tert-OH is 1. The summed E-state index contributed by atoms with van der Waals surface area (Å²) in [6.45, 7) is 7.36. The van der Waals surface area contributed by atoms with Gasteiger partial charge in [-0.05, 0) is 31.6 Å². The predicted molar refractivity (Wildman–Crippen MR) is 432 cm³/mol. The molecule has 3 unspecified atom stereocenters. The van der Waals surface area contributed by atoms with Crippen LogP contribution in [0.3, 0.4) is 0 Å². The third kappa shape index (κ3) is 78.5. The molecular formula is C86H168O17P2. The van der Waals surface area contributed by atoms with E-state index in [0.717, 1.165) is 95.8 Å². The Balaban J connectivity index is 5.19. The Hall–Kier alpha value is -1.94. The van der Waals surface area contributed by atoms with Gasteiger partial charge in [0.15, 0.2) is 12.2 Å². The van der Waals surface area contributed by atoms with Crippen LogP contribution in [0, 0.1) is 5.92 Å². The first kappa shape index (κ1) is 103. The highest BCUT2D eigenvalue weighted by Crippen LogP contribution is 2.45. The Labute approximate surface area is 645 Å². The van der Waals surface area contributed by atoms with Crippen molar-refractivity contribution in [3.05, 3.63) is 0 Å². The molecule has 0 aromatic heterocycles. The van der Waals surface area contributed by atoms with E-state index in [2.05, 4.69) is 34.6 Å². The highest BCUT2D eigenvalue weighted by molar-refractivity contribution is 7.47. The fraction of sp³-hybridized carbons (Fsp3) is 0.953. The molecule has 6 atom stereocenters. The maximum atomic E-state index is 13.1. The molecular weight excluding hydrogens is 1370 g/mol. The summed E-state index contributed by atoms with van der Waals surface area (Å²) in [6, 6.07) is 0. The van der Waals surface area contributed by atoms with Gasteiger partial charge in [-0.1, -0.05) is 413 Å². The molecule has 0 aliphatic rings. The number of unbranched alkanes of at least 4 members (excludes halogenated alkanes) is 57. The summed E-state index contributed by atoms with van der Waals surface area (Å²) in [5.41, 5.74) is 0. The number of rotatable bonds is 86. The first-order chi connectivity index (χ1) is 51.1. The quantitative estimate of drug-likeness (QED) is 0.0222. The van der Waals surface area contributed by atoms with Gasteiger partial charge in [-0.3, -0.25) is 37.3 Å². The number of carbonyl (C=O) groups is 4. The Morgan fingerprint density at radius 1 is 0.267 bits per heavy atom. The zero-order valence-corrected chi connectivity index (χ0v) is 70.7. The van der Waals surface area contributed by atoms with Gasteiger partial charge in [-0.2, -0.15) is 0 Å². The molecule has 0 aromatic carbocycles. The van der Waals surface area contributed by atoms with Crippen LogP contribution < -0.4 is 0 Å². The molecule has 0 saturated carbocycles. The fourth-order valence-electron chi connectivity index (χ4n) is 13.4. The molecule has 0 bridgehead atoms. The highest BCUT2D eigenvalue weighted by Gasteiger charge is 2.30. The standard InChI is InChI=1S/C86H168O17P2/c1-6-10-13-16-19-22-24-26-28-30-32-34-35-37-39-41-43-45-51-56-61-66-71-85(90)102-82(76-97-84(89)70-65-60-55-50-44-42-40-38-36-33-31-29-27-25-23-20-17-14-11-7-2)78-101-105(94,95)99-74-80(87)73-98-104(92,93)100-77-81(75-96-83(88)69-64-59-54-48-21-18-15-12-8-3)103-86(91)72-67-62-57-52-47-46-49-53-58-63-68-79(5)9-4/h79-82,87H,6-78H2,1-5H3,(H,92,93)(H,94,95)/t79?,80-,81+,82+/m0/s1. The van der Waals surface area contributed by atoms with Crippen LogP contribution in [0.25, 0.3) is 0 Å². The summed E-state index contributed by atoms with van der Waals surface area (Å²) >= 11 is 0. The van der Waals surface area contributed by atoms with Crippen molar-refractivity contribution in [3.63, 3.8) is 0 Å². The summed E-state index contributed by atoms with van der Waals surface area (Å²) in [6.07, 6.45) is 72.4. The summed E-state index contributed by atoms with van der Waals surface area (Å²) in [5.74, 6) is -1.30. The highest BCUT2D eigenvalue weighted by atomic mass is 31.2. The van der Waals surface area contributed by atoms with Crippen LogP contribution in [-0.2, 0) is 65.4 Å². The third-order valence-electron chi connectivity index (χ3n) is 20.6. The van der Waals surface area contributed by atoms with Crippen molar-refractivity contribution in [3.8, 4) is 0 Å². The molecule has 17 nitrogen and oxygen atoms in total. The average molecular weight is 1540 g/mol. The Kier molecular flexibility index (Phi) is 77.3. The Bertz CT molecular complexity index is 2000. The summed E-state index contributed by atoms with van der Waals surface area (Å²) < 4.78 is 68.8. The molecule has 0 amide bonds. The molecule has 0 fully saturated rings. The van der Waals surface area contributed by atoms with E-state index in [0.29, 0.717) is 25.7 Å². The smallest absolute Gasteiger partial charge is 0.462 e. The number of esters is 4. The zero-order valence-electron chi connectivity index (χ0n) is 68.9. The SMILES string of the molecule is CCCCCCCCCCCCCCCCCCCCCCCCC(=O)O[C@H](COC(=O)CCCCCCCCCCCCCCCCCCCCCC)COP(=O)(O)OC[C@@H](O)COP(=O)(O)OC[C@@H](COC(=O)CCCCCCCCCCC)OC(=O)CCCCCCCCCCCCC(C)CC. The van der Waals surface area contributed by atoms with Crippen molar-refractivity contribution in [1.82, 2.24) is 0 Å². The van der Waals surface area contributed by atoms with Gasteiger partial charge in [0.1, 0.15) is 19.3 Å². The predicted octanol–water partition coefficient (Wildman–Crippen LogP) is 26.4. The van der Waals surface area contributed by atoms with Crippen LogP contribution in [0.4, 0.5) is 0 Å². The molecule has 3 N–H and O–H groups in total. The van der Waals surface area contributed by atoms with Gasteiger partial charge in [-0.25, -0.2) is 9.13 Å². The van der Waals surface area contributed by atoms with Crippen LogP contribution in [0.2, 0.25) is 0 Å². The van der Waals surface area contributed by atoms with Gasteiger partial charge >= 0.3 is 39.5 Å². The molecule has 0 heterocycles. The molecule has 0 saturated heterocycles. The lowest BCUT2D eigenvalue weighted by atomic mass is 9.99. The molecule has 0 radical (unpaired) electrons. The second-order valence-corrected chi connectivity index (χ2v) is 34.1. The largest absolute Gasteiger partial charge is 0.472 e. The molecule has 19 heteroatoms. The maximum absolute atomic E-state index is 13.1. The Morgan fingerprint density at radius 2 is 0.457 bits per heavy atom. The van der Waals surface area contributed by atoms with E-state index in [1.807, 2.05) is 0 Å². The van der Waals surface area contributed by atoms with Crippen molar-refractivity contribution in [1.29, 1.82) is 0 Å². The van der Waals surface area contributed by atoms with Crippen LogP contribution in [0.5, 0.6) is 0 Å². The van der Waals surface area contributed by atoms with Crippen molar-refractivity contribution >= 4 is 39.5 Å². The second kappa shape index (κ2) is 78.7. The van der Waals surface area contributed by atoms with Crippen LogP contribution in [0.15, 0.2) is 0 Å². The summed E-state index contributed by atoms with van der Waals surface area (Å²) in [5, 5.41) is 10.7. The number of hydrogen-bond donors (Lipinski definition) is 3. The monoisotopic (exact) mass is 1540 g/mol. The fourth-order valence-corrected chi connectivity index (χ4v) is 15.0. The topological polar surface area (TPSA) is 237 Å². The number of phosphoric ester groups is 2. The van der Waals surface area contributed by atoms with Crippen molar-refractivity contribution in [2.45, 2.75) is 483 Å². The minimum atomic E-state index is -4.96. The van der Waals surface area contributed by atoms with E-state index in [1.54, 1.807) is 0 Å². The molecule has 0 spiro atoms. The number of hydrogen-bond acceptors (Lipinski definition) is 15. The molecule has 0 aliphatic heterocycles. The van der Waals surface area contributed by atoms with E-state index in [1.165, 1.54) is 289 Å². The number of ether oxygens (including phenoxy) is 4. The zero-order chi connectivity index (χ0) is 76.9. The van der Waals surface area contributed by atoms with Crippen LogP contribution in [0.1, 0.15) is 465 Å². The third-order valence-corrected chi connectivity index (χ3v) is 22.5. The lowest BCUT2D eigenvalue weighted by Gasteiger charge is -2.21.